The van der Waals surface area contributed by atoms with E-state index in [1.54, 1.807) is 0 Å². The number of aliphatic hydroxyl groups is 1. The Labute approximate surface area is 245 Å². The molecule has 2 amide bonds. The van der Waals surface area contributed by atoms with Crippen LogP contribution in [0.2, 0.25) is 5.02 Å². The zero-order chi connectivity index (χ0) is 30.1. The first kappa shape index (κ1) is 35.5. The first-order valence-electron chi connectivity index (χ1n) is 14.2. The highest BCUT2D eigenvalue weighted by atomic mass is 35.5. The van der Waals surface area contributed by atoms with Crippen LogP contribution in [0.25, 0.3) is 0 Å². The summed E-state index contributed by atoms with van der Waals surface area (Å²) >= 11 is 5.86. The van der Waals surface area contributed by atoms with E-state index in [0.29, 0.717) is 23.9 Å². The zero-order valence-corrected chi connectivity index (χ0v) is 25.8. The Kier molecular flexibility index (Phi) is 16.7. The number of aliphatic hydroxyl groups excluding tert-OH is 1. The summed E-state index contributed by atoms with van der Waals surface area (Å²) < 4.78 is 14.0. The van der Waals surface area contributed by atoms with Crippen molar-refractivity contribution in [3.63, 3.8) is 0 Å². The SMILES string of the molecule is CC(C)(C)C.CCCNC=O.Cc1cccc([C@H]2CNC[C@H]2c2cc(F)c(Cl)cc2NC=O)c1.OC1CCCC1. The predicted octanol–water partition coefficient (Wildman–Crippen LogP) is 6.94. The van der Waals surface area contributed by atoms with E-state index in [9.17, 15) is 14.0 Å². The molecule has 6 nitrogen and oxygen atoms in total. The number of nitrogens with one attached hydrogen (secondary N) is 3. The van der Waals surface area contributed by atoms with Crippen molar-refractivity contribution < 1.29 is 19.1 Å². The van der Waals surface area contributed by atoms with E-state index >= 15 is 0 Å². The van der Waals surface area contributed by atoms with Gasteiger partial charge in [-0.3, -0.25) is 9.59 Å². The van der Waals surface area contributed by atoms with Crippen LogP contribution in [-0.4, -0.2) is 43.7 Å². The van der Waals surface area contributed by atoms with E-state index in [1.807, 2.05) is 13.0 Å². The molecule has 2 atom stereocenters. The molecular formula is C32H49ClFN3O3. The van der Waals surface area contributed by atoms with Crippen molar-refractivity contribution in [1.29, 1.82) is 0 Å². The number of hydrogen-bond donors (Lipinski definition) is 4. The number of carbonyl (C=O) groups excluding carboxylic acids is 2. The molecule has 4 N–H and O–H groups in total. The van der Waals surface area contributed by atoms with E-state index in [1.165, 1.54) is 36.1 Å². The van der Waals surface area contributed by atoms with Gasteiger partial charge in [-0.25, -0.2) is 4.39 Å². The number of amides is 2. The summed E-state index contributed by atoms with van der Waals surface area (Å²) in [4.78, 5) is 20.3. The Bertz CT molecular complexity index is 1020. The van der Waals surface area contributed by atoms with Crippen LogP contribution in [0.4, 0.5) is 10.1 Å². The fourth-order valence-electron chi connectivity index (χ4n) is 4.42. The highest BCUT2D eigenvalue weighted by Crippen LogP contribution is 2.40. The normalized spacial score (nSPS) is 18.2. The van der Waals surface area contributed by atoms with Gasteiger partial charge in [0.2, 0.25) is 12.8 Å². The first-order chi connectivity index (χ1) is 18.9. The third kappa shape index (κ3) is 14.2. The smallest absolute Gasteiger partial charge is 0.211 e. The monoisotopic (exact) mass is 577 g/mol. The number of carbonyl (C=O) groups is 2. The van der Waals surface area contributed by atoms with Crippen molar-refractivity contribution in [3.8, 4) is 0 Å². The minimum absolute atomic E-state index is 0.0103. The Hall–Kier alpha value is -2.48. The van der Waals surface area contributed by atoms with Crippen LogP contribution in [0, 0.1) is 18.2 Å². The summed E-state index contributed by atoms with van der Waals surface area (Å²) in [6.45, 7) is 15.2. The van der Waals surface area contributed by atoms with Crippen LogP contribution in [0.3, 0.4) is 0 Å². The minimum Gasteiger partial charge on any atom is -0.393 e. The third-order valence-electron chi connectivity index (χ3n) is 6.19. The van der Waals surface area contributed by atoms with Crippen molar-refractivity contribution in [3.05, 3.63) is 63.9 Å². The molecule has 2 fully saturated rings. The highest BCUT2D eigenvalue weighted by Gasteiger charge is 2.32. The number of halogens is 2. The average Bonchev–Trinajstić information content (AvgIpc) is 3.56. The van der Waals surface area contributed by atoms with Crippen LogP contribution in [-0.2, 0) is 9.59 Å². The van der Waals surface area contributed by atoms with Gasteiger partial charge >= 0.3 is 0 Å². The van der Waals surface area contributed by atoms with E-state index in [-0.39, 0.29) is 23.0 Å². The molecule has 2 aromatic carbocycles. The number of hydrogen-bond acceptors (Lipinski definition) is 4. The Morgan fingerprint density at radius 1 is 1.05 bits per heavy atom. The third-order valence-corrected chi connectivity index (χ3v) is 6.48. The molecule has 4 rings (SSSR count). The second-order valence-corrected chi connectivity index (χ2v) is 12.3. The summed E-state index contributed by atoms with van der Waals surface area (Å²) in [7, 11) is 0. The van der Waals surface area contributed by atoms with Crippen LogP contribution >= 0.6 is 11.6 Å². The topological polar surface area (TPSA) is 90.5 Å². The molecule has 1 aliphatic carbocycles. The lowest BCUT2D eigenvalue weighted by Crippen LogP contribution is -2.12. The van der Waals surface area contributed by atoms with Gasteiger partial charge in [-0.05, 0) is 54.9 Å². The van der Waals surface area contributed by atoms with Crippen LogP contribution in [0.5, 0.6) is 0 Å². The Morgan fingerprint density at radius 3 is 2.15 bits per heavy atom. The van der Waals surface area contributed by atoms with Gasteiger partial charge < -0.3 is 21.1 Å². The zero-order valence-electron chi connectivity index (χ0n) is 25.0. The van der Waals surface area contributed by atoms with Crippen LogP contribution in [0.15, 0.2) is 36.4 Å². The maximum Gasteiger partial charge on any atom is 0.211 e. The average molecular weight is 578 g/mol. The van der Waals surface area contributed by atoms with Crippen molar-refractivity contribution >= 4 is 30.1 Å². The second-order valence-electron chi connectivity index (χ2n) is 11.9. The predicted molar refractivity (Wildman–Crippen MR) is 165 cm³/mol. The van der Waals surface area contributed by atoms with Gasteiger partial charge in [-0.1, -0.05) is 88.9 Å². The lowest BCUT2D eigenvalue weighted by molar-refractivity contribution is -0.109. The Balaban J connectivity index is 0.000000382. The molecule has 2 aromatic rings. The van der Waals surface area contributed by atoms with E-state index in [2.05, 4.69) is 68.8 Å². The maximum atomic E-state index is 14.0. The molecule has 8 heteroatoms. The molecule has 0 spiro atoms. The van der Waals surface area contributed by atoms with Crippen LogP contribution in [0.1, 0.15) is 95.2 Å². The number of aryl methyl sites for hydroxylation is 1. The molecule has 224 valence electrons. The minimum atomic E-state index is -0.465. The van der Waals surface area contributed by atoms with E-state index in [0.717, 1.165) is 44.5 Å². The summed E-state index contributed by atoms with van der Waals surface area (Å²) in [6.07, 6.45) is 6.92. The van der Waals surface area contributed by atoms with Gasteiger partial charge in [-0.15, -0.1) is 0 Å². The Morgan fingerprint density at radius 2 is 1.68 bits per heavy atom. The van der Waals surface area contributed by atoms with Gasteiger partial charge in [-0.2, -0.15) is 0 Å². The summed E-state index contributed by atoms with van der Waals surface area (Å²) in [5.74, 6) is -0.165. The van der Waals surface area contributed by atoms with Gasteiger partial charge in [0.25, 0.3) is 0 Å². The quantitative estimate of drug-likeness (QED) is 0.212. The molecule has 40 heavy (non-hydrogen) atoms. The number of rotatable bonds is 7. The van der Waals surface area contributed by atoms with E-state index < -0.39 is 5.82 Å². The van der Waals surface area contributed by atoms with Crippen LogP contribution < -0.4 is 16.0 Å². The van der Waals surface area contributed by atoms with Gasteiger partial charge in [0.05, 0.1) is 11.1 Å². The van der Waals surface area contributed by atoms with Gasteiger partial charge in [0.15, 0.2) is 0 Å². The van der Waals surface area contributed by atoms with Crippen molar-refractivity contribution in [1.82, 2.24) is 10.6 Å². The van der Waals surface area contributed by atoms with Gasteiger partial charge in [0.1, 0.15) is 5.82 Å². The fourth-order valence-corrected chi connectivity index (χ4v) is 4.59. The molecule has 0 radical (unpaired) electrons. The molecule has 1 saturated carbocycles. The summed E-state index contributed by atoms with van der Waals surface area (Å²) in [5.41, 5.74) is 4.25. The summed E-state index contributed by atoms with van der Waals surface area (Å²) in [6, 6.07) is 11.3. The standard InChI is InChI=1S/C18H18ClFN2O.C5H10O.C5H12.C4H9NO/c1-11-3-2-4-12(5-11)14-8-21-9-15(14)13-6-17(20)16(19)7-18(13)22-10-23;6-5-3-1-2-4-5;1-5(2,3)4;1-2-3-5-4-6/h2-7,10,14-15,21H,8-9H2,1H3,(H,22,23);5-6H,1-4H2;1-4H3;4H,2-3H2,1H3,(H,5,6)/t14-,15+;;;/m1.../s1. The molecule has 0 aromatic heterocycles. The first-order valence-corrected chi connectivity index (χ1v) is 14.6. The largest absolute Gasteiger partial charge is 0.393 e. The summed E-state index contributed by atoms with van der Waals surface area (Å²) in [5, 5.41) is 17.3. The molecule has 0 unspecified atom stereocenters. The number of benzene rings is 2. The molecule has 0 bridgehead atoms. The molecule has 1 aliphatic heterocycles. The molecule has 1 heterocycles. The van der Waals surface area contributed by atoms with Crippen molar-refractivity contribution in [2.75, 3.05) is 25.0 Å². The number of anilines is 1. The van der Waals surface area contributed by atoms with Gasteiger partial charge in [0, 0.05) is 37.2 Å². The highest BCUT2D eigenvalue weighted by molar-refractivity contribution is 6.31. The maximum absolute atomic E-state index is 14.0. The fraction of sp³-hybridized carbons (Fsp3) is 0.562. The van der Waals surface area contributed by atoms with Crippen molar-refractivity contribution in [2.45, 2.75) is 91.6 Å². The lowest BCUT2D eigenvalue weighted by atomic mass is 9.83. The van der Waals surface area contributed by atoms with E-state index in [4.69, 9.17) is 16.7 Å². The molecule has 2 aliphatic rings. The molecular weight excluding hydrogens is 529 g/mol. The molecule has 1 saturated heterocycles. The second kappa shape index (κ2) is 18.8. The van der Waals surface area contributed by atoms with Crippen molar-refractivity contribution in [2.24, 2.45) is 5.41 Å². The lowest BCUT2D eigenvalue weighted by Gasteiger charge is -2.22.